The second kappa shape index (κ2) is 5.63. The number of rotatable bonds is 3. The number of ether oxygens (including phenoxy) is 1. The van der Waals surface area contributed by atoms with Crippen LogP contribution in [-0.2, 0) is 17.6 Å². The van der Waals surface area contributed by atoms with Crippen molar-refractivity contribution < 1.29 is 4.74 Å². The molecule has 1 aromatic rings. The van der Waals surface area contributed by atoms with Gasteiger partial charge in [0.25, 0.3) is 0 Å². The number of halogens is 1. The molecule has 0 radical (unpaired) electrons. The van der Waals surface area contributed by atoms with E-state index < -0.39 is 0 Å². The molecule has 2 heteroatoms. The van der Waals surface area contributed by atoms with Crippen molar-refractivity contribution in [2.45, 2.75) is 56.4 Å². The lowest BCUT2D eigenvalue weighted by Crippen LogP contribution is -2.09. The number of hydrogen-bond donors (Lipinski definition) is 0. The molecule has 98 valence electrons. The second-order valence-corrected chi connectivity index (χ2v) is 6.10. The van der Waals surface area contributed by atoms with Crippen molar-refractivity contribution in [2.75, 3.05) is 6.61 Å². The highest BCUT2D eigenvalue weighted by Gasteiger charge is 2.21. The van der Waals surface area contributed by atoms with Gasteiger partial charge >= 0.3 is 0 Å². The maximum atomic E-state index is 6.55. The number of hydrogen-bond acceptors (Lipinski definition) is 1. The summed E-state index contributed by atoms with van der Waals surface area (Å²) in [5.74, 6) is 0. The van der Waals surface area contributed by atoms with E-state index in [1.807, 2.05) is 0 Å². The molecule has 0 N–H and O–H groups in total. The van der Waals surface area contributed by atoms with Gasteiger partial charge < -0.3 is 4.74 Å². The van der Waals surface area contributed by atoms with Gasteiger partial charge in [-0.25, -0.2) is 0 Å². The molecular formula is C16H21ClO. The van der Waals surface area contributed by atoms with E-state index in [0.717, 1.165) is 13.0 Å². The van der Waals surface area contributed by atoms with Crippen LogP contribution >= 0.6 is 11.6 Å². The number of fused-ring (bicyclic) bond motifs is 1. The molecule has 18 heavy (non-hydrogen) atoms. The molecule has 1 nitrogen and oxygen atoms in total. The summed E-state index contributed by atoms with van der Waals surface area (Å²) in [6, 6.07) is 6.84. The highest BCUT2D eigenvalue weighted by molar-refractivity contribution is 6.20. The summed E-state index contributed by atoms with van der Waals surface area (Å²) in [6.45, 7) is 0.915. The molecule has 2 aliphatic rings. The molecule has 1 aliphatic carbocycles. The van der Waals surface area contributed by atoms with Crippen LogP contribution in [0.4, 0.5) is 0 Å². The summed E-state index contributed by atoms with van der Waals surface area (Å²) in [5.41, 5.74) is 4.34. The number of aryl methyl sites for hydroxylation is 2. The highest BCUT2D eigenvalue weighted by atomic mass is 35.5. The van der Waals surface area contributed by atoms with Gasteiger partial charge in [-0.2, -0.15) is 0 Å². The van der Waals surface area contributed by atoms with E-state index in [-0.39, 0.29) is 5.38 Å². The standard InChI is InChI=1S/C16H21ClO/c17-16(11-15-6-3-9-18-15)14-8-7-12-4-1-2-5-13(12)10-14/h7-8,10,15-16H,1-6,9,11H2. The number of benzene rings is 1. The smallest absolute Gasteiger partial charge is 0.0610 e. The minimum absolute atomic E-state index is 0.111. The van der Waals surface area contributed by atoms with Gasteiger partial charge in [-0.15, -0.1) is 11.6 Å². The molecule has 0 spiro atoms. The quantitative estimate of drug-likeness (QED) is 0.735. The third kappa shape index (κ3) is 2.73. The fourth-order valence-electron chi connectivity index (χ4n) is 3.15. The lowest BCUT2D eigenvalue weighted by molar-refractivity contribution is 0.103. The number of alkyl halides is 1. The van der Waals surface area contributed by atoms with Crippen molar-refractivity contribution in [3.63, 3.8) is 0 Å². The maximum absolute atomic E-state index is 6.55. The van der Waals surface area contributed by atoms with Gasteiger partial charge in [-0.3, -0.25) is 0 Å². The first-order valence-electron chi connectivity index (χ1n) is 7.20. The zero-order chi connectivity index (χ0) is 12.4. The minimum Gasteiger partial charge on any atom is -0.378 e. The molecule has 2 unspecified atom stereocenters. The molecule has 1 heterocycles. The normalized spacial score (nSPS) is 24.8. The van der Waals surface area contributed by atoms with E-state index in [2.05, 4.69) is 18.2 Å². The molecule has 1 saturated heterocycles. The van der Waals surface area contributed by atoms with Crippen LogP contribution in [-0.4, -0.2) is 12.7 Å². The Hall–Kier alpha value is -0.530. The van der Waals surface area contributed by atoms with Gasteiger partial charge in [0.05, 0.1) is 11.5 Å². The highest BCUT2D eigenvalue weighted by Crippen LogP contribution is 2.32. The lowest BCUT2D eigenvalue weighted by atomic mass is 9.89. The van der Waals surface area contributed by atoms with Crippen molar-refractivity contribution in [3.05, 3.63) is 34.9 Å². The van der Waals surface area contributed by atoms with E-state index >= 15 is 0 Å². The van der Waals surface area contributed by atoms with Crippen LogP contribution in [0.5, 0.6) is 0 Å². The van der Waals surface area contributed by atoms with Crippen LogP contribution in [0.1, 0.15) is 54.2 Å². The first kappa shape index (κ1) is 12.5. The van der Waals surface area contributed by atoms with Crippen molar-refractivity contribution >= 4 is 11.6 Å². The summed E-state index contributed by atoms with van der Waals surface area (Å²) in [6.07, 6.45) is 8.85. The Labute approximate surface area is 114 Å². The Kier molecular flexibility index (Phi) is 3.91. The fraction of sp³-hybridized carbons (Fsp3) is 0.625. The SMILES string of the molecule is ClC(CC1CCCO1)c1ccc2c(c1)CCCC2. The van der Waals surface area contributed by atoms with E-state index in [1.165, 1.54) is 55.2 Å². The summed E-state index contributed by atoms with van der Waals surface area (Å²) in [7, 11) is 0. The van der Waals surface area contributed by atoms with Crippen LogP contribution in [0.3, 0.4) is 0 Å². The summed E-state index contributed by atoms with van der Waals surface area (Å²) < 4.78 is 5.67. The zero-order valence-corrected chi connectivity index (χ0v) is 11.6. The lowest BCUT2D eigenvalue weighted by Gasteiger charge is -2.19. The first-order valence-corrected chi connectivity index (χ1v) is 7.64. The molecule has 0 bridgehead atoms. The van der Waals surface area contributed by atoms with Crippen molar-refractivity contribution in [1.29, 1.82) is 0 Å². The third-order valence-corrected chi connectivity index (χ3v) is 4.66. The maximum Gasteiger partial charge on any atom is 0.0610 e. The van der Waals surface area contributed by atoms with E-state index in [9.17, 15) is 0 Å². The molecule has 0 saturated carbocycles. The molecule has 1 fully saturated rings. The predicted octanol–water partition coefficient (Wildman–Crippen LogP) is 4.41. The third-order valence-electron chi connectivity index (χ3n) is 4.23. The Morgan fingerprint density at radius 1 is 1.17 bits per heavy atom. The van der Waals surface area contributed by atoms with Crippen LogP contribution in [0.2, 0.25) is 0 Å². The Morgan fingerprint density at radius 3 is 2.78 bits per heavy atom. The van der Waals surface area contributed by atoms with Crippen LogP contribution in [0, 0.1) is 0 Å². The average Bonchev–Trinajstić information content (AvgIpc) is 2.91. The zero-order valence-electron chi connectivity index (χ0n) is 10.8. The average molecular weight is 265 g/mol. The topological polar surface area (TPSA) is 9.23 Å². The molecule has 1 aromatic carbocycles. The van der Waals surface area contributed by atoms with Crippen molar-refractivity contribution in [1.82, 2.24) is 0 Å². The van der Waals surface area contributed by atoms with Crippen LogP contribution in [0.15, 0.2) is 18.2 Å². The van der Waals surface area contributed by atoms with Crippen LogP contribution < -0.4 is 0 Å². The van der Waals surface area contributed by atoms with Gasteiger partial charge in [0, 0.05) is 6.61 Å². The summed E-state index contributed by atoms with van der Waals surface area (Å²) in [4.78, 5) is 0. The Balaban J connectivity index is 1.70. The molecule has 3 rings (SSSR count). The minimum atomic E-state index is 0.111. The van der Waals surface area contributed by atoms with Crippen molar-refractivity contribution in [3.8, 4) is 0 Å². The van der Waals surface area contributed by atoms with Crippen molar-refractivity contribution in [2.24, 2.45) is 0 Å². The van der Waals surface area contributed by atoms with E-state index in [1.54, 1.807) is 0 Å². The van der Waals surface area contributed by atoms with Crippen LogP contribution in [0.25, 0.3) is 0 Å². The fourth-order valence-corrected chi connectivity index (χ4v) is 3.48. The molecule has 0 amide bonds. The molecular weight excluding hydrogens is 244 g/mol. The molecule has 1 aliphatic heterocycles. The van der Waals surface area contributed by atoms with Gasteiger partial charge in [0.2, 0.25) is 0 Å². The van der Waals surface area contributed by atoms with Gasteiger partial charge in [0.1, 0.15) is 0 Å². The Morgan fingerprint density at radius 2 is 2.00 bits per heavy atom. The molecule has 0 aromatic heterocycles. The van der Waals surface area contributed by atoms with Gasteiger partial charge in [-0.1, -0.05) is 18.2 Å². The molecule has 2 atom stereocenters. The predicted molar refractivity (Wildman–Crippen MR) is 75.3 cm³/mol. The van der Waals surface area contributed by atoms with Gasteiger partial charge in [-0.05, 0) is 61.6 Å². The monoisotopic (exact) mass is 264 g/mol. The van der Waals surface area contributed by atoms with Gasteiger partial charge in [0.15, 0.2) is 0 Å². The summed E-state index contributed by atoms with van der Waals surface area (Å²) >= 11 is 6.55. The van der Waals surface area contributed by atoms with E-state index in [0.29, 0.717) is 6.10 Å². The van der Waals surface area contributed by atoms with E-state index in [4.69, 9.17) is 16.3 Å². The summed E-state index contributed by atoms with van der Waals surface area (Å²) in [5, 5.41) is 0.111. The largest absolute Gasteiger partial charge is 0.378 e. The Bertz CT molecular complexity index is 410. The second-order valence-electron chi connectivity index (χ2n) is 5.57. The first-order chi connectivity index (χ1) is 8.83.